The first-order valence-electron chi connectivity index (χ1n) is 7.49. The van der Waals surface area contributed by atoms with Gasteiger partial charge in [0.05, 0.1) is 5.69 Å². The molecule has 1 aliphatic rings. The van der Waals surface area contributed by atoms with Crippen LogP contribution in [0.1, 0.15) is 29.9 Å². The SMILES string of the molecule is C[C@@H]1[C@H](c2ccccc2)[C@H]1c1ccc(-n2cccn2)cc1. The number of hydrogen-bond donors (Lipinski definition) is 0. The van der Waals surface area contributed by atoms with Crippen LogP contribution in [0.5, 0.6) is 0 Å². The van der Waals surface area contributed by atoms with Crippen molar-refractivity contribution in [2.24, 2.45) is 5.92 Å². The van der Waals surface area contributed by atoms with Crippen LogP contribution in [0, 0.1) is 5.92 Å². The van der Waals surface area contributed by atoms with Gasteiger partial charge in [0.2, 0.25) is 0 Å². The number of nitrogens with zero attached hydrogens (tertiary/aromatic N) is 2. The molecule has 1 aliphatic carbocycles. The van der Waals surface area contributed by atoms with E-state index in [-0.39, 0.29) is 0 Å². The van der Waals surface area contributed by atoms with Gasteiger partial charge in [-0.2, -0.15) is 5.10 Å². The van der Waals surface area contributed by atoms with Gasteiger partial charge in [-0.15, -0.1) is 0 Å². The van der Waals surface area contributed by atoms with Gasteiger partial charge in [-0.3, -0.25) is 0 Å². The standard InChI is InChI=1S/C19H18N2/c1-14-18(15-6-3-2-4-7-15)19(14)16-8-10-17(11-9-16)21-13-5-12-20-21/h2-14,18-19H,1H3/t14-,18-,19-/m1/s1. The fraction of sp³-hybridized carbons (Fsp3) is 0.211. The van der Waals surface area contributed by atoms with Crippen LogP contribution in [0.25, 0.3) is 5.69 Å². The molecule has 0 N–H and O–H groups in total. The summed E-state index contributed by atoms with van der Waals surface area (Å²) in [5.74, 6) is 2.05. The molecule has 0 aliphatic heterocycles. The quantitative estimate of drug-likeness (QED) is 0.692. The van der Waals surface area contributed by atoms with Gasteiger partial charge in [0.25, 0.3) is 0 Å². The fourth-order valence-corrected chi connectivity index (χ4v) is 3.43. The van der Waals surface area contributed by atoms with Gasteiger partial charge >= 0.3 is 0 Å². The van der Waals surface area contributed by atoms with E-state index >= 15 is 0 Å². The van der Waals surface area contributed by atoms with E-state index in [0.717, 1.165) is 11.6 Å². The molecule has 0 amide bonds. The van der Waals surface area contributed by atoms with Crippen molar-refractivity contribution in [3.05, 3.63) is 84.2 Å². The van der Waals surface area contributed by atoms with Crippen molar-refractivity contribution in [1.29, 1.82) is 0 Å². The fourth-order valence-electron chi connectivity index (χ4n) is 3.43. The number of benzene rings is 2. The highest BCUT2D eigenvalue weighted by Gasteiger charge is 2.48. The summed E-state index contributed by atoms with van der Waals surface area (Å²) in [6, 6.07) is 21.6. The Bertz CT molecular complexity index is 714. The maximum atomic E-state index is 4.27. The Balaban J connectivity index is 1.58. The van der Waals surface area contributed by atoms with Gasteiger partial charge in [-0.05, 0) is 47.1 Å². The summed E-state index contributed by atoms with van der Waals surface area (Å²) < 4.78 is 1.90. The predicted octanol–water partition coefficient (Wildman–Crippen LogP) is 4.39. The average molecular weight is 274 g/mol. The Kier molecular flexibility index (Phi) is 2.88. The molecular formula is C19H18N2. The van der Waals surface area contributed by atoms with E-state index in [2.05, 4.69) is 66.6 Å². The summed E-state index contributed by atoms with van der Waals surface area (Å²) in [5.41, 5.74) is 4.02. The molecule has 2 nitrogen and oxygen atoms in total. The highest BCUT2D eigenvalue weighted by molar-refractivity contribution is 5.42. The predicted molar refractivity (Wildman–Crippen MR) is 84.7 cm³/mol. The Morgan fingerprint density at radius 1 is 0.810 bits per heavy atom. The van der Waals surface area contributed by atoms with Gasteiger partial charge in [0.15, 0.2) is 0 Å². The Morgan fingerprint density at radius 2 is 1.48 bits per heavy atom. The normalized spacial score (nSPS) is 24.0. The second-order valence-corrected chi connectivity index (χ2v) is 5.86. The largest absolute Gasteiger partial charge is 0.241 e. The highest BCUT2D eigenvalue weighted by atomic mass is 15.3. The maximum absolute atomic E-state index is 4.27. The minimum Gasteiger partial charge on any atom is -0.241 e. The molecule has 2 heteroatoms. The van der Waals surface area contributed by atoms with Crippen molar-refractivity contribution in [3.63, 3.8) is 0 Å². The molecule has 21 heavy (non-hydrogen) atoms. The van der Waals surface area contributed by atoms with Crippen LogP contribution < -0.4 is 0 Å². The zero-order chi connectivity index (χ0) is 14.2. The Labute approximate surface area is 125 Å². The lowest BCUT2D eigenvalue weighted by Gasteiger charge is -2.04. The average Bonchev–Trinajstić information content (AvgIpc) is 2.97. The minimum absolute atomic E-state index is 0.652. The molecule has 0 saturated heterocycles. The molecule has 4 rings (SSSR count). The molecule has 2 aromatic carbocycles. The molecular weight excluding hydrogens is 256 g/mol. The van der Waals surface area contributed by atoms with E-state index in [9.17, 15) is 0 Å². The van der Waals surface area contributed by atoms with Gasteiger partial charge in [-0.25, -0.2) is 4.68 Å². The van der Waals surface area contributed by atoms with Crippen LogP contribution in [0.2, 0.25) is 0 Å². The summed E-state index contributed by atoms with van der Waals surface area (Å²) in [5, 5.41) is 4.27. The molecule has 1 saturated carbocycles. The van der Waals surface area contributed by atoms with E-state index in [4.69, 9.17) is 0 Å². The molecule has 3 aromatic rings. The van der Waals surface area contributed by atoms with Gasteiger partial charge in [0.1, 0.15) is 0 Å². The second kappa shape index (κ2) is 4.88. The lowest BCUT2D eigenvalue weighted by Crippen LogP contribution is -1.94. The van der Waals surface area contributed by atoms with Gasteiger partial charge in [-0.1, -0.05) is 49.4 Å². The molecule has 1 aromatic heterocycles. The second-order valence-electron chi connectivity index (χ2n) is 5.86. The molecule has 0 radical (unpaired) electrons. The highest BCUT2D eigenvalue weighted by Crippen LogP contribution is 2.60. The molecule has 1 heterocycles. The molecule has 1 fully saturated rings. The van der Waals surface area contributed by atoms with Crippen molar-refractivity contribution < 1.29 is 0 Å². The van der Waals surface area contributed by atoms with Crippen LogP contribution in [0.4, 0.5) is 0 Å². The van der Waals surface area contributed by atoms with Gasteiger partial charge in [0, 0.05) is 12.4 Å². The van der Waals surface area contributed by atoms with Crippen molar-refractivity contribution in [3.8, 4) is 5.69 Å². The maximum Gasteiger partial charge on any atom is 0.0645 e. The molecule has 3 atom stereocenters. The Hall–Kier alpha value is -2.35. The summed E-state index contributed by atoms with van der Waals surface area (Å²) in [4.78, 5) is 0. The Morgan fingerprint density at radius 3 is 2.10 bits per heavy atom. The third kappa shape index (κ3) is 2.17. The first kappa shape index (κ1) is 12.4. The summed E-state index contributed by atoms with van der Waals surface area (Å²) >= 11 is 0. The van der Waals surface area contributed by atoms with E-state index in [1.165, 1.54) is 11.1 Å². The van der Waals surface area contributed by atoms with E-state index in [0.29, 0.717) is 11.8 Å². The third-order valence-electron chi connectivity index (χ3n) is 4.61. The van der Waals surface area contributed by atoms with Crippen molar-refractivity contribution in [2.75, 3.05) is 0 Å². The summed E-state index contributed by atoms with van der Waals surface area (Å²) in [6.45, 7) is 2.35. The van der Waals surface area contributed by atoms with E-state index in [1.54, 1.807) is 0 Å². The first-order chi connectivity index (χ1) is 10.3. The summed E-state index contributed by atoms with van der Waals surface area (Å²) in [6.07, 6.45) is 3.78. The lowest BCUT2D eigenvalue weighted by molar-refractivity contribution is 0.874. The zero-order valence-corrected chi connectivity index (χ0v) is 12.1. The third-order valence-corrected chi connectivity index (χ3v) is 4.61. The first-order valence-corrected chi connectivity index (χ1v) is 7.49. The molecule has 0 unspecified atom stereocenters. The van der Waals surface area contributed by atoms with Gasteiger partial charge < -0.3 is 0 Å². The van der Waals surface area contributed by atoms with Crippen molar-refractivity contribution in [1.82, 2.24) is 9.78 Å². The lowest BCUT2D eigenvalue weighted by atomic mass is 10.0. The monoisotopic (exact) mass is 274 g/mol. The van der Waals surface area contributed by atoms with Crippen LogP contribution in [0.3, 0.4) is 0 Å². The number of aromatic nitrogens is 2. The van der Waals surface area contributed by atoms with E-state index < -0.39 is 0 Å². The topological polar surface area (TPSA) is 17.8 Å². The number of rotatable bonds is 3. The summed E-state index contributed by atoms with van der Waals surface area (Å²) in [7, 11) is 0. The van der Waals surface area contributed by atoms with Crippen LogP contribution >= 0.6 is 0 Å². The minimum atomic E-state index is 0.652. The smallest absolute Gasteiger partial charge is 0.0645 e. The molecule has 0 spiro atoms. The van der Waals surface area contributed by atoms with E-state index in [1.807, 2.05) is 23.1 Å². The van der Waals surface area contributed by atoms with Crippen molar-refractivity contribution in [2.45, 2.75) is 18.8 Å². The zero-order valence-electron chi connectivity index (χ0n) is 12.1. The van der Waals surface area contributed by atoms with Crippen LogP contribution in [-0.2, 0) is 0 Å². The molecule has 104 valence electrons. The number of hydrogen-bond acceptors (Lipinski definition) is 1. The van der Waals surface area contributed by atoms with Crippen LogP contribution in [0.15, 0.2) is 73.1 Å². The van der Waals surface area contributed by atoms with Crippen molar-refractivity contribution >= 4 is 0 Å². The molecule has 0 bridgehead atoms. The van der Waals surface area contributed by atoms with Crippen LogP contribution in [-0.4, -0.2) is 9.78 Å².